The first-order valence-corrected chi connectivity index (χ1v) is 6.91. The second-order valence-corrected chi connectivity index (χ2v) is 6.20. The molecule has 0 spiro atoms. The van der Waals surface area contributed by atoms with Crippen LogP contribution in [-0.4, -0.2) is 42.8 Å². The molecule has 21 heavy (non-hydrogen) atoms. The zero-order valence-corrected chi connectivity index (χ0v) is 12.9. The molecule has 1 heterocycles. The van der Waals surface area contributed by atoms with Crippen LogP contribution in [0.2, 0.25) is 0 Å². The number of allylic oxidation sites excluding steroid dienone is 3. The zero-order valence-electron chi connectivity index (χ0n) is 12.9. The number of nitrogens with zero attached hydrogens (tertiary/aromatic N) is 1. The maximum absolute atomic E-state index is 12.2. The fourth-order valence-electron chi connectivity index (χ4n) is 2.49. The van der Waals surface area contributed by atoms with E-state index in [9.17, 15) is 9.59 Å². The number of esters is 1. The van der Waals surface area contributed by atoms with Crippen molar-refractivity contribution in [3.63, 3.8) is 0 Å². The van der Waals surface area contributed by atoms with Crippen LogP contribution in [0.15, 0.2) is 36.0 Å². The molecule has 0 aromatic carbocycles. The molecule has 0 aromatic heterocycles. The van der Waals surface area contributed by atoms with Gasteiger partial charge >= 0.3 is 12.1 Å². The third kappa shape index (κ3) is 3.01. The van der Waals surface area contributed by atoms with E-state index in [2.05, 4.69) is 0 Å². The van der Waals surface area contributed by atoms with Gasteiger partial charge in [-0.05, 0) is 26.3 Å². The highest BCUT2D eigenvalue weighted by Crippen LogP contribution is 2.38. The molecule has 0 saturated heterocycles. The summed E-state index contributed by atoms with van der Waals surface area (Å²) in [6, 6.07) is 0. The van der Waals surface area contributed by atoms with Crippen LogP contribution < -0.4 is 0 Å². The Morgan fingerprint density at radius 1 is 1.29 bits per heavy atom. The molecule has 5 nitrogen and oxygen atoms in total. The molecule has 0 aromatic rings. The lowest BCUT2D eigenvalue weighted by molar-refractivity contribution is -0.148. The summed E-state index contributed by atoms with van der Waals surface area (Å²) in [5.41, 5.74) is -0.642. The number of hydrogen-bond donors (Lipinski definition) is 0. The van der Waals surface area contributed by atoms with E-state index in [1.165, 1.54) is 12.0 Å². The van der Waals surface area contributed by atoms with Crippen LogP contribution in [0.5, 0.6) is 0 Å². The molecule has 2 rings (SSSR count). The molecule has 5 heteroatoms. The SMILES string of the molecule is COC(=O)C12C=CC=CC1=CCN(C(=O)OC(C)(C)C)C2. The quantitative estimate of drug-likeness (QED) is 0.696. The Morgan fingerprint density at radius 3 is 2.62 bits per heavy atom. The monoisotopic (exact) mass is 291 g/mol. The van der Waals surface area contributed by atoms with Crippen molar-refractivity contribution < 1.29 is 19.1 Å². The first kappa shape index (κ1) is 15.4. The van der Waals surface area contributed by atoms with E-state index >= 15 is 0 Å². The van der Waals surface area contributed by atoms with Gasteiger partial charge in [-0.25, -0.2) is 4.79 Å². The molecule has 0 radical (unpaired) electrons. The average Bonchev–Trinajstić information content (AvgIpc) is 2.43. The van der Waals surface area contributed by atoms with Gasteiger partial charge in [0.15, 0.2) is 0 Å². The third-order valence-corrected chi connectivity index (χ3v) is 3.46. The Kier molecular flexibility index (Phi) is 3.94. The highest BCUT2D eigenvalue weighted by Gasteiger charge is 2.46. The van der Waals surface area contributed by atoms with Crippen molar-refractivity contribution in [2.24, 2.45) is 5.41 Å². The Hall–Kier alpha value is -2.04. The lowest BCUT2D eigenvalue weighted by atomic mass is 9.75. The van der Waals surface area contributed by atoms with Crippen LogP contribution in [0.4, 0.5) is 4.79 Å². The summed E-state index contributed by atoms with van der Waals surface area (Å²) in [5, 5.41) is 0. The minimum Gasteiger partial charge on any atom is -0.468 e. The van der Waals surface area contributed by atoms with Gasteiger partial charge in [0.05, 0.1) is 7.11 Å². The fourth-order valence-corrected chi connectivity index (χ4v) is 2.49. The second kappa shape index (κ2) is 5.39. The first-order valence-electron chi connectivity index (χ1n) is 6.91. The minimum atomic E-state index is -0.932. The van der Waals surface area contributed by atoms with Crippen molar-refractivity contribution in [3.8, 4) is 0 Å². The molecule has 0 bridgehead atoms. The minimum absolute atomic E-state index is 0.223. The fraction of sp³-hybridized carbons (Fsp3) is 0.500. The molecular weight excluding hydrogens is 270 g/mol. The van der Waals surface area contributed by atoms with Crippen LogP contribution in [0, 0.1) is 5.41 Å². The summed E-state index contributed by atoms with van der Waals surface area (Å²) < 4.78 is 10.3. The molecule has 1 atom stereocenters. The summed E-state index contributed by atoms with van der Waals surface area (Å²) in [6.07, 6.45) is 8.77. The van der Waals surface area contributed by atoms with Gasteiger partial charge in [0.25, 0.3) is 0 Å². The maximum Gasteiger partial charge on any atom is 0.410 e. The molecule has 1 aliphatic carbocycles. The van der Waals surface area contributed by atoms with Crippen molar-refractivity contribution in [2.75, 3.05) is 20.2 Å². The lowest BCUT2D eigenvalue weighted by Gasteiger charge is -2.39. The largest absolute Gasteiger partial charge is 0.468 e. The summed E-state index contributed by atoms with van der Waals surface area (Å²) >= 11 is 0. The molecule has 2 aliphatic rings. The maximum atomic E-state index is 12.2. The van der Waals surface area contributed by atoms with Crippen LogP contribution >= 0.6 is 0 Å². The summed E-state index contributed by atoms with van der Waals surface area (Å²) in [5.74, 6) is -0.373. The van der Waals surface area contributed by atoms with E-state index in [0.717, 1.165) is 5.57 Å². The van der Waals surface area contributed by atoms with Crippen LogP contribution in [0.3, 0.4) is 0 Å². The predicted octanol–water partition coefficient (Wildman–Crippen LogP) is 2.45. The highest BCUT2D eigenvalue weighted by molar-refractivity contribution is 5.86. The van der Waals surface area contributed by atoms with Gasteiger partial charge in [-0.15, -0.1) is 0 Å². The normalized spacial score (nSPS) is 24.2. The van der Waals surface area contributed by atoms with E-state index in [4.69, 9.17) is 9.47 Å². The average molecular weight is 291 g/mol. The van der Waals surface area contributed by atoms with Gasteiger partial charge in [-0.1, -0.05) is 30.4 Å². The van der Waals surface area contributed by atoms with Crippen molar-refractivity contribution >= 4 is 12.1 Å². The summed E-state index contributed by atoms with van der Waals surface area (Å²) in [6.45, 7) is 6.09. The first-order chi connectivity index (χ1) is 9.78. The summed E-state index contributed by atoms with van der Waals surface area (Å²) in [7, 11) is 1.35. The number of methoxy groups -OCH3 is 1. The standard InChI is InChI=1S/C16H21NO4/c1-15(2,3)21-14(19)17-10-8-12-7-5-6-9-16(12,11-17)13(18)20-4/h5-9H,10-11H2,1-4H3. The van der Waals surface area contributed by atoms with Crippen LogP contribution in [0.1, 0.15) is 20.8 Å². The number of ether oxygens (including phenoxy) is 2. The predicted molar refractivity (Wildman–Crippen MR) is 78.6 cm³/mol. The van der Waals surface area contributed by atoms with E-state index in [0.29, 0.717) is 6.54 Å². The zero-order chi connectivity index (χ0) is 15.7. The molecule has 0 saturated carbocycles. The van der Waals surface area contributed by atoms with Crippen molar-refractivity contribution in [2.45, 2.75) is 26.4 Å². The van der Waals surface area contributed by atoms with Gasteiger partial charge in [0.1, 0.15) is 11.0 Å². The van der Waals surface area contributed by atoms with Crippen LogP contribution in [-0.2, 0) is 14.3 Å². The molecule has 1 unspecified atom stereocenters. The van der Waals surface area contributed by atoms with E-state index in [1.807, 2.05) is 39.0 Å². The number of rotatable bonds is 1. The van der Waals surface area contributed by atoms with Crippen molar-refractivity contribution in [3.05, 3.63) is 36.0 Å². The molecule has 0 fully saturated rings. The van der Waals surface area contributed by atoms with Crippen molar-refractivity contribution in [1.29, 1.82) is 0 Å². The number of amides is 1. The topological polar surface area (TPSA) is 55.8 Å². The molecular formula is C16H21NO4. The van der Waals surface area contributed by atoms with E-state index in [1.54, 1.807) is 12.2 Å². The molecule has 1 aliphatic heterocycles. The van der Waals surface area contributed by atoms with E-state index in [-0.39, 0.29) is 12.5 Å². The van der Waals surface area contributed by atoms with Gasteiger partial charge in [-0.2, -0.15) is 0 Å². The number of carbonyl (C=O) groups is 2. The smallest absolute Gasteiger partial charge is 0.410 e. The van der Waals surface area contributed by atoms with Gasteiger partial charge in [0.2, 0.25) is 0 Å². The van der Waals surface area contributed by atoms with Gasteiger partial charge in [0, 0.05) is 13.1 Å². The van der Waals surface area contributed by atoms with Gasteiger partial charge in [-0.3, -0.25) is 4.79 Å². The van der Waals surface area contributed by atoms with Gasteiger partial charge < -0.3 is 14.4 Å². The number of hydrogen-bond acceptors (Lipinski definition) is 4. The Balaban J connectivity index is 2.27. The lowest BCUT2D eigenvalue weighted by Crippen LogP contribution is -2.50. The van der Waals surface area contributed by atoms with Crippen LogP contribution in [0.25, 0.3) is 0 Å². The second-order valence-electron chi connectivity index (χ2n) is 6.20. The molecule has 1 amide bonds. The Labute approximate surface area is 124 Å². The number of carbonyl (C=O) groups excluding carboxylic acids is 2. The molecule has 0 N–H and O–H groups in total. The van der Waals surface area contributed by atoms with E-state index < -0.39 is 17.1 Å². The highest BCUT2D eigenvalue weighted by atomic mass is 16.6. The van der Waals surface area contributed by atoms with Crippen molar-refractivity contribution in [1.82, 2.24) is 4.90 Å². The molecule has 114 valence electrons. The number of fused-ring (bicyclic) bond motifs is 1. The third-order valence-electron chi connectivity index (χ3n) is 3.46. The summed E-state index contributed by atoms with van der Waals surface area (Å²) in [4.78, 5) is 26.0. The Bertz CT molecular complexity index is 539. The Morgan fingerprint density at radius 2 is 2.00 bits per heavy atom.